The van der Waals surface area contributed by atoms with Gasteiger partial charge in [-0.25, -0.2) is 4.68 Å². The van der Waals surface area contributed by atoms with Gasteiger partial charge in [0, 0.05) is 36.2 Å². The molecule has 8 nitrogen and oxygen atoms in total. The van der Waals surface area contributed by atoms with Gasteiger partial charge in [0.1, 0.15) is 6.04 Å². The van der Waals surface area contributed by atoms with E-state index < -0.39 is 11.9 Å². The molecular weight excluding hydrogens is 430 g/mol. The van der Waals surface area contributed by atoms with Crippen molar-refractivity contribution < 1.29 is 14.4 Å². The zero-order valence-corrected chi connectivity index (χ0v) is 17.9. The van der Waals surface area contributed by atoms with E-state index in [4.69, 9.17) is 11.6 Å². The number of carbonyl (C=O) groups excluding carboxylic acids is 3. The quantitative estimate of drug-likeness (QED) is 0.603. The van der Waals surface area contributed by atoms with Crippen molar-refractivity contribution in [2.24, 2.45) is 0 Å². The molecule has 1 fully saturated rings. The summed E-state index contributed by atoms with van der Waals surface area (Å²) in [4.78, 5) is 38.0. The Kier molecular flexibility index (Phi) is 5.22. The van der Waals surface area contributed by atoms with Crippen LogP contribution in [0.15, 0.2) is 48.7 Å². The van der Waals surface area contributed by atoms with Gasteiger partial charge >= 0.3 is 0 Å². The van der Waals surface area contributed by atoms with Crippen molar-refractivity contribution >= 4 is 29.3 Å². The molecule has 2 aliphatic rings. The van der Waals surface area contributed by atoms with Crippen LogP contribution in [0.5, 0.6) is 0 Å². The molecule has 0 aliphatic carbocycles. The first-order chi connectivity index (χ1) is 15.5. The topological polar surface area (TPSA) is 97.2 Å². The highest BCUT2D eigenvalue weighted by molar-refractivity contribution is 6.30. The molecule has 1 unspecified atom stereocenters. The molecule has 0 radical (unpaired) electrons. The van der Waals surface area contributed by atoms with Crippen molar-refractivity contribution in [3.8, 4) is 0 Å². The number of fused-ring (bicyclic) bond motifs is 1. The van der Waals surface area contributed by atoms with Gasteiger partial charge in [0.25, 0.3) is 5.91 Å². The molecule has 2 aromatic carbocycles. The van der Waals surface area contributed by atoms with Gasteiger partial charge in [0.05, 0.1) is 12.2 Å². The predicted molar refractivity (Wildman–Crippen MR) is 116 cm³/mol. The highest BCUT2D eigenvalue weighted by Gasteiger charge is 2.39. The molecule has 9 heteroatoms. The van der Waals surface area contributed by atoms with E-state index in [-0.39, 0.29) is 18.2 Å². The van der Waals surface area contributed by atoms with Crippen LogP contribution in [0.4, 0.5) is 0 Å². The third-order valence-corrected chi connectivity index (χ3v) is 6.07. The number of aromatic nitrogens is 3. The maximum absolute atomic E-state index is 12.8. The number of nitrogens with one attached hydrogen (secondary N) is 1. The number of amides is 3. The maximum atomic E-state index is 12.8. The van der Waals surface area contributed by atoms with E-state index in [9.17, 15) is 14.4 Å². The summed E-state index contributed by atoms with van der Waals surface area (Å²) in [5, 5.41) is 11.5. The lowest BCUT2D eigenvalue weighted by Crippen LogP contribution is -2.52. The van der Waals surface area contributed by atoms with E-state index in [0.29, 0.717) is 36.5 Å². The molecule has 162 valence electrons. The number of benzene rings is 2. The molecule has 1 N–H and O–H groups in total. The number of hydrogen-bond acceptors (Lipinski definition) is 5. The average Bonchev–Trinajstić information content (AvgIpc) is 3.33. The van der Waals surface area contributed by atoms with Gasteiger partial charge in [-0.05, 0) is 41.3 Å². The molecule has 32 heavy (non-hydrogen) atoms. The summed E-state index contributed by atoms with van der Waals surface area (Å²) in [5.41, 5.74) is 4.40. The number of nitrogens with zero attached hydrogens (tertiary/aromatic N) is 4. The van der Waals surface area contributed by atoms with Gasteiger partial charge in [-0.1, -0.05) is 41.1 Å². The fourth-order valence-electron chi connectivity index (χ4n) is 4.22. The molecule has 3 aromatic rings. The Morgan fingerprint density at radius 2 is 1.84 bits per heavy atom. The van der Waals surface area contributed by atoms with Gasteiger partial charge in [-0.3, -0.25) is 19.7 Å². The normalized spacial score (nSPS) is 18.1. The second kappa shape index (κ2) is 8.20. The Balaban J connectivity index is 1.27. The van der Waals surface area contributed by atoms with Crippen LogP contribution in [0.3, 0.4) is 0 Å². The number of halogens is 1. The standard InChI is InChI=1S/C23H20ClN5O3/c24-17-4-1-14(2-5-17)11-28-13-18(26-27-28)10-15-3-6-19-16(9-15)12-29(23(19)32)20-7-8-21(30)25-22(20)31/h1-6,9,13,20H,7-8,10-12H2,(H,25,30,31). The van der Waals surface area contributed by atoms with Crippen LogP contribution < -0.4 is 5.32 Å². The van der Waals surface area contributed by atoms with Gasteiger partial charge in [0.15, 0.2) is 0 Å². The summed E-state index contributed by atoms with van der Waals surface area (Å²) in [7, 11) is 0. The van der Waals surface area contributed by atoms with Crippen LogP contribution in [0.25, 0.3) is 0 Å². The van der Waals surface area contributed by atoms with Crippen LogP contribution in [-0.2, 0) is 29.1 Å². The minimum atomic E-state index is -0.608. The first kappa shape index (κ1) is 20.4. The number of imide groups is 1. The SMILES string of the molecule is O=C1CCC(N2Cc3cc(Cc4cn(Cc5ccc(Cl)cc5)nn4)ccc3C2=O)C(=O)N1. The molecule has 1 saturated heterocycles. The average molecular weight is 450 g/mol. The molecule has 0 saturated carbocycles. The van der Waals surface area contributed by atoms with Crippen molar-refractivity contribution in [2.75, 3.05) is 0 Å². The van der Waals surface area contributed by atoms with Crippen molar-refractivity contribution in [3.05, 3.63) is 81.6 Å². The maximum Gasteiger partial charge on any atom is 0.255 e. The first-order valence-corrected chi connectivity index (χ1v) is 10.7. The van der Waals surface area contributed by atoms with Crippen molar-refractivity contribution in [1.82, 2.24) is 25.2 Å². The van der Waals surface area contributed by atoms with Gasteiger partial charge in [0.2, 0.25) is 11.8 Å². The highest BCUT2D eigenvalue weighted by atomic mass is 35.5. The number of piperidine rings is 1. The van der Waals surface area contributed by atoms with Crippen molar-refractivity contribution in [3.63, 3.8) is 0 Å². The molecule has 3 amide bonds. The smallest absolute Gasteiger partial charge is 0.255 e. The van der Waals surface area contributed by atoms with Crippen LogP contribution >= 0.6 is 11.6 Å². The minimum Gasteiger partial charge on any atom is -0.322 e. The molecule has 5 rings (SSSR count). The third kappa shape index (κ3) is 4.01. The third-order valence-electron chi connectivity index (χ3n) is 5.82. The highest BCUT2D eigenvalue weighted by Crippen LogP contribution is 2.28. The largest absolute Gasteiger partial charge is 0.322 e. The van der Waals surface area contributed by atoms with Crippen LogP contribution in [0, 0.1) is 0 Å². The summed E-state index contributed by atoms with van der Waals surface area (Å²) < 4.78 is 1.78. The molecule has 1 atom stereocenters. The number of hydrogen-bond donors (Lipinski definition) is 1. The van der Waals surface area contributed by atoms with Gasteiger partial charge in [-0.2, -0.15) is 0 Å². The van der Waals surface area contributed by atoms with Crippen LogP contribution in [-0.4, -0.2) is 43.7 Å². The van der Waals surface area contributed by atoms with Crippen LogP contribution in [0.1, 0.15) is 45.6 Å². The Morgan fingerprint density at radius 1 is 1.06 bits per heavy atom. The lowest BCUT2D eigenvalue weighted by atomic mass is 10.0. The van der Waals surface area contributed by atoms with Gasteiger partial charge in [-0.15, -0.1) is 5.10 Å². The summed E-state index contributed by atoms with van der Waals surface area (Å²) in [6, 6.07) is 12.7. The van der Waals surface area contributed by atoms with Crippen LogP contribution in [0.2, 0.25) is 5.02 Å². The Hall–Kier alpha value is -3.52. The Bertz CT molecular complexity index is 1220. The summed E-state index contributed by atoms with van der Waals surface area (Å²) in [6.45, 7) is 0.960. The fourth-order valence-corrected chi connectivity index (χ4v) is 4.35. The van der Waals surface area contributed by atoms with E-state index >= 15 is 0 Å². The zero-order chi connectivity index (χ0) is 22.2. The molecule has 0 bridgehead atoms. The summed E-state index contributed by atoms with van der Waals surface area (Å²) >= 11 is 5.93. The van der Waals surface area contributed by atoms with E-state index in [1.54, 1.807) is 15.6 Å². The fraction of sp³-hybridized carbons (Fsp3) is 0.261. The van der Waals surface area contributed by atoms with E-state index in [1.165, 1.54) is 0 Å². The lowest BCUT2D eigenvalue weighted by Gasteiger charge is -2.29. The van der Waals surface area contributed by atoms with Crippen molar-refractivity contribution in [1.29, 1.82) is 0 Å². The molecule has 0 spiro atoms. The minimum absolute atomic E-state index is 0.171. The number of carbonyl (C=O) groups is 3. The van der Waals surface area contributed by atoms with Crippen molar-refractivity contribution in [2.45, 2.75) is 38.4 Å². The Morgan fingerprint density at radius 3 is 2.62 bits per heavy atom. The number of rotatable bonds is 5. The summed E-state index contributed by atoms with van der Waals surface area (Å²) in [6.07, 6.45) is 3.09. The lowest BCUT2D eigenvalue weighted by molar-refractivity contribution is -0.136. The first-order valence-electron chi connectivity index (χ1n) is 10.4. The molecular formula is C23H20ClN5O3. The molecule has 1 aromatic heterocycles. The second-order valence-corrected chi connectivity index (χ2v) is 8.54. The molecule has 3 heterocycles. The Labute approximate surface area is 189 Å². The zero-order valence-electron chi connectivity index (χ0n) is 17.1. The van der Waals surface area contributed by atoms with E-state index in [2.05, 4.69) is 15.6 Å². The second-order valence-electron chi connectivity index (χ2n) is 8.10. The van der Waals surface area contributed by atoms with E-state index in [0.717, 1.165) is 22.4 Å². The molecule has 2 aliphatic heterocycles. The monoisotopic (exact) mass is 449 g/mol. The van der Waals surface area contributed by atoms with Gasteiger partial charge < -0.3 is 4.90 Å². The summed E-state index contributed by atoms with van der Waals surface area (Å²) in [5.74, 6) is -0.864. The van der Waals surface area contributed by atoms with E-state index in [1.807, 2.05) is 42.6 Å². The predicted octanol–water partition coefficient (Wildman–Crippen LogP) is 2.33.